The molecule has 5 N–H and O–H groups in total. The molecular weight excluding hydrogens is 587 g/mol. The summed E-state index contributed by atoms with van der Waals surface area (Å²) in [4.78, 5) is 56.8. The lowest BCUT2D eigenvalue weighted by Gasteiger charge is -2.27. The van der Waals surface area contributed by atoms with Crippen LogP contribution in [0, 0.1) is 5.82 Å². The molecule has 224 valence electrons. The molecule has 11 nitrogen and oxygen atoms in total. The number of aromatic nitrogens is 1. The van der Waals surface area contributed by atoms with Crippen molar-refractivity contribution in [2.24, 2.45) is 0 Å². The average molecular weight is 615 g/mol. The number of hydrogen-bond donors (Lipinski definition) is 5. The van der Waals surface area contributed by atoms with Gasteiger partial charge in [0.05, 0.1) is 5.56 Å². The van der Waals surface area contributed by atoms with E-state index in [1.165, 1.54) is 22.4 Å². The Bertz CT molecular complexity index is 1760. The molecule has 1 aromatic heterocycles. The Kier molecular flexibility index (Phi) is 7.94. The third-order valence-corrected chi connectivity index (χ3v) is 8.22. The van der Waals surface area contributed by atoms with Crippen molar-refractivity contribution in [2.45, 2.75) is 38.0 Å². The molecule has 4 amide bonds. The Balaban J connectivity index is 1.25. The first-order chi connectivity index (χ1) is 21.3. The third-order valence-electron chi connectivity index (χ3n) is 7.53. The predicted molar refractivity (Wildman–Crippen MR) is 161 cm³/mol. The maximum absolute atomic E-state index is 14.3. The second-order valence-electron chi connectivity index (χ2n) is 10.4. The van der Waals surface area contributed by atoms with Gasteiger partial charge in [-0.05, 0) is 47.9 Å². The fourth-order valence-corrected chi connectivity index (χ4v) is 5.95. The zero-order valence-corrected chi connectivity index (χ0v) is 24.0. The van der Waals surface area contributed by atoms with Crippen molar-refractivity contribution >= 4 is 51.5 Å². The number of amides is 4. The molecule has 0 aliphatic carbocycles. The van der Waals surface area contributed by atoms with Crippen LogP contribution in [0.4, 0.5) is 20.9 Å². The van der Waals surface area contributed by atoms with Gasteiger partial charge in [-0.25, -0.2) is 9.37 Å². The molecule has 6 rings (SSSR count). The molecule has 0 spiro atoms. The smallest absolute Gasteiger partial charge is 0.257 e. The molecule has 13 heteroatoms. The van der Waals surface area contributed by atoms with Gasteiger partial charge in [0, 0.05) is 48.0 Å². The molecule has 44 heavy (non-hydrogen) atoms. The Morgan fingerprint density at radius 1 is 1.11 bits per heavy atom. The number of nitrogens with zero attached hydrogens (tertiary/aromatic N) is 2. The van der Waals surface area contributed by atoms with Gasteiger partial charge in [0.15, 0.2) is 5.13 Å². The van der Waals surface area contributed by atoms with E-state index in [2.05, 4.69) is 26.3 Å². The number of carbonyl (C=O) groups is 4. The lowest BCUT2D eigenvalue weighted by atomic mass is 10.0. The molecule has 4 aromatic rings. The van der Waals surface area contributed by atoms with E-state index in [1.54, 1.807) is 23.6 Å². The number of nitrogens with one attached hydrogen (secondary N) is 4. The van der Waals surface area contributed by atoms with Crippen LogP contribution in [-0.2, 0) is 27.5 Å². The second kappa shape index (κ2) is 12.1. The van der Waals surface area contributed by atoms with Gasteiger partial charge in [-0.15, -0.1) is 11.3 Å². The number of imide groups is 1. The fourth-order valence-electron chi connectivity index (χ4n) is 5.42. The number of thiazole rings is 1. The van der Waals surface area contributed by atoms with Crippen molar-refractivity contribution in [1.29, 1.82) is 0 Å². The van der Waals surface area contributed by atoms with Crippen LogP contribution in [0.5, 0.6) is 5.75 Å². The summed E-state index contributed by atoms with van der Waals surface area (Å²) in [6.45, 7) is 0.335. The van der Waals surface area contributed by atoms with Gasteiger partial charge in [0.1, 0.15) is 23.7 Å². The molecule has 2 atom stereocenters. The summed E-state index contributed by atoms with van der Waals surface area (Å²) in [5, 5.41) is 24.1. The van der Waals surface area contributed by atoms with Crippen molar-refractivity contribution < 1.29 is 28.7 Å². The number of phenolic OH excluding ortho intramolecular Hbond substituents is 1. The van der Waals surface area contributed by atoms with E-state index in [0.717, 1.165) is 23.8 Å². The van der Waals surface area contributed by atoms with E-state index in [1.807, 2.05) is 24.3 Å². The summed E-state index contributed by atoms with van der Waals surface area (Å²) in [5.41, 5.74) is 3.00. The lowest BCUT2D eigenvalue weighted by Crippen LogP contribution is -2.47. The van der Waals surface area contributed by atoms with Gasteiger partial charge in [-0.1, -0.05) is 30.3 Å². The highest BCUT2D eigenvalue weighted by Crippen LogP contribution is 2.39. The van der Waals surface area contributed by atoms with Crippen molar-refractivity contribution in [3.63, 3.8) is 0 Å². The zero-order chi connectivity index (χ0) is 30.8. The summed E-state index contributed by atoms with van der Waals surface area (Å²) < 4.78 is 14.3. The topological polar surface area (TPSA) is 153 Å². The van der Waals surface area contributed by atoms with Gasteiger partial charge in [-0.3, -0.25) is 29.8 Å². The molecule has 2 unspecified atom stereocenters. The van der Waals surface area contributed by atoms with E-state index in [-0.39, 0.29) is 36.1 Å². The van der Waals surface area contributed by atoms with Gasteiger partial charge < -0.3 is 20.6 Å². The Morgan fingerprint density at radius 3 is 2.73 bits per heavy atom. The van der Waals surface area contributed by atoms with Gasteiger partial charge >= 0.3 is 0 Å². The van der Waals surface area contributed by atoms with Crippen LogP contribution in [0.2, 0.25) is 0 Å². The van der Waals surface area contributed by atoms with Crippen molar-refractivity contribution in [3.8, 4) is 5.75 Å². The van der Waals surface area contributed by atoms with Gasteiger partial charge in [0.25, 0.3) is 11.8 Å². The minimum absolute atomic E-state index is 0.0449. The fraction of sp³-hybridized carbons (Fsp3) is 0.194. The number of rotatable bonds is 9. The predicted octanol–water partition coefficient (Wildman–Crippen LogP) is 4.15. The largest absolute Gasteiger partial charge is 0.508 e. The number of fused-ring (bicyclic) bond motifs is 1. The quantitative estimate of drug-likeness (QED) is 0.176. The summed E-state index contributed by atoms with van der Waals surface area (Å²) in [5.74, 6) is -2.79. The van der Waals surface area contributed by atoms with E-state index in [4.69, 9.17) is 0 Å². The highest BCUT2D eigenvalue weighted by Gasteiger charge is 2.40. The number of halogens is 1. The molecule has 2 aliphatic rings. The molecule has 0 saturated carbocycles. The molecule has 0 radical (unpaired) electrons. The number of piperidine rings is 1. The van der Waals surface area contributed by atoms with Crippen LogP contribution >= 0.6 is 11.3 Å². The molecule has 1 saturated heterocycles. The molecule has 2 aliphatic heterocycles. The number of hydrogen-bond acceptors (Lipinski definition) is 9. The normalized spacial score (nSPS) is 16.7. The Hall–Kier alpha value is -5.30. The van der Waals surface area contributed by atoms with Crippen LogP contribution in [0.3, 0.4) is 0 Å². The van der Waals surface area contributed by atoms with Crippen molar-refractivity contribution in [3.05, 3.63) is 100 Å². The highest BCUT2D eigenvalue weighted by molar-refractivity contribution is 7.13. The minimum atomic E-state index is -1.35. The van der Waals surface area contributed by atoms with E-state index >= 15 is 0 Å². The highest BCUT2D eigenvalue weighted by atomic mass is 32.1. The van der Waals surface area contributed by atoms with Crippen LogP contribution in [0.15, 0.2) is 72.2 Å². The minimum Gasteiger partial charge on any atom is -0.508 e. The maximum Gasteiger partial charge on any atom is 0.257 e. The summed E-state index contributed by atoms with van der Waals surface area (Å²) >= 11 is 1.19. The number of benzene rings is 3. The molecule has 0 bridgehead atoms. The zero-order valence-electron chi connectivity index (χ0n) is 23.2. The number of phenols is 1. The summed E-state index contributed by atoms with van der Waals surface area (Å²) in [6, 6.07) is 14.1. The Morgan fingerprint density at radius 2 is 1.93 bits per heavy atom. The van der Waals surface area contributed by atoms with Crippen LogP contribution < -0.4 is 21.3 Å². The molecule has 1 fully saturated rings. The average Bonchev–Trinajstić information content (AvgIpc) is 3.64. The first-order valence-corrected chi connectivity index (χ1v) is 14.7. The monoisotopic (exact) mass is 614 g/mol. The first kappa shape index (κ1) is 28.8. The number of para-hydroxylation sites is 1. The number of aromatic hydroxyl groups is 1. The second-order valence-corrected chi connectivity index (χ2v) is 11.3. The van der Waals surface area contributed by atoms with E-state index < -0.39 is 29.7 Å². The number of anilines is 3. The van der Waals surface area contributed by atoms with Crippen molar-refractivity contribution in [2.75, 3.05) is 16.0 Å². The molecule has 3 heterocycles. The van der Waals surface area contributed by atoms with Gasteiger partial charge in [-0.2, -0.15) is 0 Å². The standard InChI is InChI=1S/C31H27FN6O5S/c32-19-8-10-24(39)20(14-19)27(29(42)37-31-33-12-13-44-31)38-16-18-5-3-7-22(26(18)30(38)43)34-15-17-4-1-2-6-21(17)35-23-9-11-25(40)36-28(23)41/h1-8,10,12-14,23,27,34-35,39H,9,11,15-16H2,(H,33,37,42)(H,36,40,41). The van der Waals surface area contributed by atoms with Crippen LogP contribution in [-0.4, -0.2) is 44.7 Å². The van der Waals surface area contributed by atoms with Crippen LogP contribution in [0.1, 0.15) is 45.9 Å². The molecule has 3 aromatic carbocycles. The molecular formula is C31H27FN6O5S. The van der Waals surface area contributed by atoms with E-state index in [9.17, 15) is 28.7 Å². The number of carbonyl (C=O) groups excluding carboxylic acids is 4. The summed E-state index contributed by atoms with van der Waals surface area (Å²) in [6.07, 6.45) is 2.14. The maximum atomic E-state index is 14.3. The van der Waals surface area contributed by atoms with E-state index in [0.29, 0.717) is 40.6 Å². The van der Waals surface area contributed by atoms with Crippen molar-refractivity contribution in [1.82, 2.24) is 15.2 Å². The van der Waals surface area contributed by atoms with Gasteiger partial charge in [0.2, 0.25) is 11.8 Å². The van der Waals surface area contributed by atoms with Crippen LogP contribution in [0.25, 0.3) is 0 Å². The SMILES string of the molecule is O=C1CCC(Nc2ccccc2CNc2cccc3c2C(=O)N(C(C(=O)Nc2nccs2)c2cc(F)ccc2O)C3)C(=O)N1. The lowest BCUT2D eigenvalue weighted by molar-refractivity contribution is -0.133. The third kappa shape index (κ3) is 5.81. The summed E-state index contributed by atoms with van der Waals surface area (Å²) in [7, 11) is 0. The first-order valence-electron chi connectivity index (χ1n) is 13.8. The Labute approximate surface area is 255 Å².